The van der Waals surface area contributed by atoms with Crippen LogP contribution < -0.4 is 9.80 Å². The normalized spacial score (nSPS) is 17.6. The SMILES string of the molecule is O=C1c2ccccc2C(=O)N1CCC[NH+]1CCN(c2nccc(C(F)(F)F)n2)CC1. The number of quaternary nitrogens is 1. The molecule has 7 nitrogen and oxygen atoms in total. The minimum Gasteiger partial charge on any atom is -0.332 e. The minimum absolute atomic E-state index is 0.0925. The van der Waals surface area contributed by atoms with Gasteiger partial charge in [0.25, 0.3) is 11.8 Å². The highest BCUT2D eigenvalue weighted by atomic mass is 19.4. The first-order valence-corrected chi connectivity index (χ1v) is 9.78. The lowest BCUT2D eigenvalue weighted by atomic mass is 10.1. The molecule has 2 aliphatic rings. The molecule has 30 heavy (non-hydrogen) atoms. The van der Waals surface area contributed by atoms with Crippen LogP contribution in [0.3, 0.4) is 0 Å². The van der Waals surface area contributed by atoms with E-state index >= 15 is 0 Å². The van der Waals surface area contributed by atoms with Crippen molar-refractivity contribution >= 4 is 17.8 Å². The maximum atomic E-state index is 12.8. The topological polar surface area (TPSA) is 70.8 Å². The number of imide groups is 1. The van der Waals surface area contributed by atoms with Gasteiger partial charge in [0.15, 0.2) is 0 Å². The Balaban J connectivity index is 1.26. The van der Waals surface area contributed by atoms with E-state index in [1.807, 2.05) is 0 Å². The van der Waals surface area contributed by atoms with Crippen molar-refractivity contribution in [3.05, 3.63) is 53.3 Å². The van der Waals surface area contributed by atoms with Crippen molar-refractivity contribution in [1.82, 2.24) is 14.9 Å². The molecule has 2 aliphatic heterocycles. The summed E-state index contributed by atoms with van der Waals surface area (Å²) in [6.07, 6.45) is -2.69. The monoisotopic (exact) mass is 420 g/mol. The number of alkyl halides is 3. The molecule has 0 bridgehead atoms. The lowest BCUT2D eigenvalue weighted by Gasteiger charge is -2.32. The number of rotatable bonds is 5. The second kappa shape index (κ2) is 8.02. The fourth-order valence-corrected chi connectivity index (χ4v) is 3.86. The number of nitrogens with one attached hydrogen (secondary N) is 1. The fourth-order valence-electron chi connectivity index (χ4n) is 3.86. The van der Waals surface area contributed by atoms with E-state index < -0.39 is 11.9 Å². The van der Waals surface area contributed by atoms with Gasteiger partial charge >= 0.3 is 6.18 Å². The molecule has 1 aromatic carbocycles. The van der Waals surface area contributed by atoms with E-state index in [1.54, 1.807) is 29.2 Å². The van der Waals surface area contributed by atoms with Gasteiger partial charge < -0.3 is 9.80 Å². The molecule has 2 aromatic rings. The Morgan fingerprint density at radius 1 is 1.00 bits per heavy atom. The molecule has 1 saturated heterocycles. The summed E-state index contributed by atoms with van der Waals surface area (Å²) in [5, 5.41) is 0. The quantitative estimate of drug-likeness (QED) is 0.728. The molecule has 3 heterocycles. The van der Waals surface area contributed by atoms with Crippen LogP contribution in [0.15, 0.2) is 36.5 Å². The first-order valence-electron chi connectivity index (χ1n) is 9.78. The Bertz CT molecular complexity index is 922. The Kier molecular flexibility index (Phi) is 5.42. The van der Waals surface area contributed by atoms with Crippen molar-refractivity contribution < 1.29 is 27.7 Å². The lowest BCUT2D eigenvalue weighted by Crippen LogP contribution is -3.15. The Labute approximate surface area is 171 Å². The summed E-state index contributed by atoms with van der Waals surface area (Å²) in [7, 11) is 0. The molecule has 4 rings (SSSR count). The predicted molar refractivity (Wildman–Crippen MR) is 101 cm³/mol. The van der Waals surface area contributed by atoms with Gasteiger partial charge in [0.05, 0.1) is 43.9 Å². The van der Waals surface area contributed by atoms with E-state index in [1.165, 1.54) is 9.80 Å². The molecular weight excluding hydrogens is 399 g/mol. The fraction of sp³-hybridized carbons (Fsp3) is 0.400. The van der Waals surface area contributed by atoms with Crippen LogP contribution in [0.2, 0.25) is 0 Å². The number of nitrogens with zero attached hydrogens (tertiary/aromatic N) is 4. The van der Waals surface area contributed by atoms with Gasteiger partial charge in [-0.2, -0.15) is 13.2 Å². The van der Waals surface area contributed by atoms with E-state index in [4.69, 9.17) is 0 Å². The first kappa shape index (κ1) is 20.3. The number of benzene rings is 1. The molecule has 2 amide bonds. The van der Waals surface area contributed by atoms with Crippen molar-refractivity contribution in [3.8, 4) is 0 Å². The molecular formula is C20H21F3N5O2+. The Morgan fingerprint density at radius 3 is 2.23 bits per heavy atom. The van der Waals surface area contributed by atoms with Gasteiger partial charge in [0, 0.05) is 19.2 Å². The molecule has 158 valence electrons. The number of aromatic nitrogens is 2. The van der Waals surface area contributed by atoms with Crippen LogP contribution in [0.5, 0.6) is 0 Å². The highest BCUT2D eigenvalue weighted by molar-refractivity contribution is 6.21. The third-order valence-corrected chi connectivity index (χ3v) is 5.48. The van der Waals surface area contributed by atoms with Crippen LogP contribution in [-0.2, 0) is 6.18 Å². The molecule has 0 aliphatic carbocycles. The lowest BCUT2D eigenvalue weighted by molar-refractivity contribution is -0.900. The molecule has 0 atom stereocenters. The van der Waals surface area contributed by atoms with Gasteiger partial charge in [-0.25, -0.2) is 9.97 Å². The van der Waals surface area contributed by atoms with Crippen LogP contribution in [0.1, 0.15) is 32.8 Å². The van der Waals surface area contributed by atoms with Gasteiger partial charge in [-0.15, -0.1) is 0 Å². The van der Waals surface area contributed by atoms with Gasteiger partial charge in [-0.1, -0.05) is 12.1 Å². The number of anilines is 1. The highest BCUT2D eigenvalue weighted by Crippen LogP contribution is 2.28. The molecule has 0 saturated carbocycles. The summed E-state index contributed by atoms with van der Waals surface area (Å²) in [6, 6.07) is 7.67. The van der Waals surface area contributed by atoms with E-state index in [0.29, 0.717) is 37.2 Å². The summed E-state index contributed by atoms with van der Waals surface area (Å²) >= 11 is 0. The van der Waals surface area contributed by atoms with Gasteiger partial charge in [0.1, 0.15) is 5.69 Å². The number of piperazine rings is 1. The molecule has 1 fully saturated rings. The number of amides is 2. The van der Waals surface area contributed by atoms with E-state index in [0.717, 1.165) is 31.9 Å². The molecule has 1 aromatic heterocycles. The summed E-state index contributed by atoms with van der Waals surface area (Å²) in [6.45, 7) is 3.66. The Morgan fingerprint density at radius 2 is 1.63 bits per heavy atom. The zero-order valence-corrected chi connectivity index (χ0v) is 16.2. The number of hydrogen-bond acceptors (Lipinski definition) is 5. The zero-order valence-electron chi connectivity index (χ0n) is 16.2. The highest BCUT2D eigenvalue weighted by Gasteiger charge is 2.35. The number of carbonyl (C=O) groups is 2. The van der Waals surface area contributed by atoms with E-state index in [9.17, 15) is 22.8 Å². The van der Waals surface area contributed by atoms with Gasteiger partial charge in [-0.3, -0.25) is 14.5 Å². The summed E-state index contributed by atoms with van der Waals surface area (Å²) < 4.78 is 38.5. The number of halogens is 3. The first-order chi connectivity index (χ1) is 14.3. The molecule has 0 radical (unpaired) electrons. The van der Waals surface area contributed by atoms with Crippen molar-refractivity contribution in [1.29, 1.82) is 0 Å². The number of carbonyl (C=O) groups excluding carboxylic acids is 2. The van der Waals surface area contributed by atoms with Crippen LogP contribution in [-0.4, -0.2) is 66.0 Å². The van der Waals surface area contributed by atoms with Crippen molar-refractivity contribution in [2.45, 2.75) is 12.6 Å². The second-order valence-corrected chi connectivity index (χ2v) is 7.39. The van der Waals surface area contributed by atoms with Crippen molar-refractivity contribution in [2.75, 3.05) is 44.2 Å². The maximum Gasteiger partial charge on any atom is 0.433 e. The number of fused-ring (bicyclic) bond motifs is 1. The largest absolute Gasteiger partial charge is 0.433 e. The zero-order chi connectivity index (χ0) is 21.3. The summed E-state index contributed by atoms with van der Waals surface area (Å²) in [5.74, 6) is -0.413. The van der Waals surface area contributed by atoms with Crippen molar-refractivity contribution in [2.24, 2.45) is 0 Å². The smallest absolute Gasteiger partial charge is 0.332 e. The molecule has 0 unspecified atom stereocenters. The molecule has 1 N–H and O–H groups in total. The third kappa shape index (κ3) is 4.00. The van der Waals surface area contributed by atoms with Crippen LogP contribution in [0, 0.1) is 0 Å². The van der Waals surface area contributed by atoms with Crippen molar-refractivity contribution in [3.63, 3.8) is 0 Å². The van der Waals surface area contributed by atoms with Crippen LogP contribution in [0.4, 0.5) is 19.1 Å². The average Bonchev–Trinajstić information content (AvgIpc) is 2.99. The Hall–Kier alpha value is -3.01. The van der Waals surface area contributed by atoms with Crippen LogP contribution in [0.25, 0.3) is 0 Å². The molecule has 0 spiro atoms. The van der Waals surface area contributed by atoms with E-state index in [-0.39, 0.29) is 17.8 Å². The average molecular weight is 420 g/mol. The maximum absolute atomic E-state index is 12.8. The predicted octanol–water partition coefficient (Wildman–Crippen LogP) is 0.887. The van der Waals surface area contributed by atoms with Gasteiger partial charge in [0.2, 0.25) is 5.95 Å². The van der Waals surface area contributed by atoms with E-state index in [2.05, 4.69) is 9.97 Å². The number of hydrogen-bond donors (Lipinski definition) is 1. The minimum atomic E-state index is -4.49. The molecule has 10 heteroatoms. The second-order valence-electron chi connectivity index (χ2n) is 7.39. The third-order valence-electron chi connectivity index (χ3n) is 5.48. The van der Waals surface area contributed by atoms with Crippen LogP contribution >= 0.6 is 0 Å². The standard InChI is InChI=1S/C20H20F3N5O2/c21-20(22,23)16-6-7-24-19(25-16)27-12-10-26(11-13-27)8-3-9-28-17(29)14-4-1-2-5-15(14)18(28)30/h1-2,4-7H,3,8-13H2/p+1. The summed E-state index contributed by atoms with van der Waals surface area (Å²) in [4.78, 5) is 36.7. The summed E-state index contributed by atoms with van der Waals surface area (Å²) in [5.41, 5.74) is -0.0442. The van der Waals surface area contributed by atoms with Gasteiger partial charge in [-0.05, 0) is 18.2 Å².